The number of amides is 1. The molecule has 96 valence electrons. The van der Waals surface area contributed by atoms with E-state index in [1.54, 1.807) is 7.11 Å². The van der Waals surface area contributed by atoms with Crippen molar-refractivity contribution in [2.75, 3.05) is 20.3 Å². The van der Waals surface area contributed by atoms with Crippen molar-refractivity contribution in [1.29, 1.82) is 0 Å². The zero-order valence-corrected chi connectivity index (χ0v) is 11.0. The summed E-state index contributed by atoms with van der Waals surface area (Å²) in [5, 5.41) is 3.96. The molecular weight excluding hydrogens is 228 g/mol. The van der Waals surface area contributed by atoms with Crippen molar-refractivity contribution >= 4 is 16.8 Å². The molecule has 0 aliphatic rings. The van der Waals surface area contributed by atoms with E-state index < -0.39 is 0 Å². The van der Waals surface area contributed by atoms with Crippen LogP contribution in [0.1, 0.15) is 16.1 Å². The van der Waals surface area contributed by atoms with Crippen LogP contribution in [0, 0.1) is 6.92 Å². The summed E-state index contributed by atoms with van der Waals surface area (Å²) < 4.78 is 6.84. The predicted octanol–water partition coefficient (Wildman–Crippen LogP) is 1.86. The lowest BCUT2D eigenvalue weighted by molar-refractivity contribution is 0.0929. The van der Waals surface area contributed by atoms with Crippen molar-refractivity contribution < 1.29 is 9.53 Å². The molecule has 0 radical (unpaired) electrons. The van der Waals surface area contributed by atoms with Gasteiger partial charge in [-0.2, -0.15) is 0 Å². The van der Waals surface area contributed by atoms with Gasteiger partial charge in [0.1, 0.15) is 5.69 Å². The standard InChI is InChI=1S/C14H18N2O2/c1-10-5-4-6-12-11(10)9-13(16(12)2)14(17)15-7-8-18-3/h4-6,9H,7-8H2,1-3H3,(H,15,17). The van der Waals surface area contributed by atoms with E-state index in [4.69, 9.17) is 4.74 Å². The van der Waals surface area contributed by atoms with Crippen LogP contribution in [0.4, 0.5) is 0 Å². The largest absolute Gasteiger partial charge is 0.383 e. The Morgan fingerprint density at radius 1 is 1.44 bits per heavy atom. The number of rotatable bonds is 4. The van der Waals surface area contributed by atoms with Gasteiger partial charge in [-0.15, -0.1) is 0 Å². The van der Waals surface area contributed by atoms with Crippen LogP contribution >= 0.6 is 0 Å². The Balaban J connectivity index is 2.31. The smallest absolute Gasteiger partial charge is 0.268 e. The summed E-state index contributed by atoms with van der Waals surface area (Å²) in [5.74, 6) is -0.0647. The Kier molecular flexibility index (Phi) is 3.67. The number of carbonyl (C=O) groups is 1. The number of benzene rings is 1. The van der Waals surface area contributed by atoms with Crippen molar-refractivity contribution in [2.24, 2.45) is 7.05 Å². The third-order valence-electron chi connectivity index (χ3n) is 3.13. The summed E-state index contributed by atoms with van der Waals surface area (Å²) >= 11 is 0. The van der Waals surface area contributed by atoms with Crippen molar-refractivity contribution in [3.63, 3.8) is 0 Å². The fourth-order valence-corrected chi connectivity index (χ4v) is 2.08. The Hall–Kier alpha value is -1.81. The average Bonchev–Trinajstić information content (AvgIpc) is 2.69. The number of methoxy groups -OCH3 is 1. The van der Waals surface area contributed by atoms with Crippen molar-refractivity contribution in [1.82, 2.24) is 9.88 Å². The Bertz CT molecular complexity index is 572. The van der Waals surface area contributed by atoms with Crippen molar-refractivity contribution in [3.05, 3.63) is 35.5 Å². The Morgan fingerprint density at radius 3 is 2.89 bits per heavy atom. The molecule has 0 atom stereocenters. The number of aryl methyl sites for hydroxylation is 2. The minimum Gasteiger partial charge on any atom is -0.383 e. The highest BCUT2D eigenvalue weighted by Crippen LogP contribution is 2.21. The Morgan fingerprint density at radius 2 is 2.22 bits per heavy atom. The molecule has 4 nitrogen and oxygen atoms in total. The van der Waals surface area contributed by atoms with Gasteiger partial charge in [0, 0.05) is 31.6 Å². The predicted molar refractivity (Wildman–Crippen MR) is 71.9 cm³/mol. The van der Waals surface area contributed by atoms with Gasteiger partial charge in [0.25, 0.3) is 5.91 Å². The molecular formula is C14H18N2O2. The second-order valence-electron chi connectivity index (χ2n) is 4.35. The second-order valence-corrected chi connectivity index (χ2v) is 4.35. The molecule has 0 spiro atoms. The fraction of sp³-hybridized carbons (Fsp3) is 0.357. The van der Waals surface area contributed by atoms with Crippen LogP contribution in [-0.4, -0.2) is 30.7 Å². The van der Waals surface area contributed by atoms with Gasteiger partial charge in [-0.3, -0.25) is 4.79 Å². The average molecular weight is 246 g/mol. The molecule has 18 heavy (non-hydrogen) atoms. The van der Waals surface area contributed by atoms with Gasteiger partial charge < -0.3 is 14.6 Å². The van der Waals surface area contributed by atoms with Crippen LogP contribution in [0.25, 0.3) is 10.9 Å². The first-order valence-electron chi connectivity index (χ1n) is 5.97. The van der Waals surface area contributed by atoms with E-state index >= 15 is 0 Å². The van der Waals surface area contributed by atoms with Crippen LogP contribution in [0.15, 0.2) is 24.3 Å². The van der Waals surface area contributed by atoms with Crippen LogP contribution in [0.5, 0.6) is 0 Å². The van der Waals surface area contributed by atoms with Crippen LogP contribution in [-0.2, 0) is 11.8 Å². The van der Waals surface area contributed by atoms with E-state index in [1.165, 1.54) is 5.56 Å². The quantitative estimate of drug-likeness (QED) is 0.837. The maximum atomic E-state index is 12.0. The number of carbonyl (C=O) groups excluding carboxylic acids is 1. The zero-order chi connectivity index (χ0) is 13.1. The van der Waals surface area contributed by atoms with Gasteiger partial charge in [-0.05, 0) is 24.6 Å². The highest BCUT2D eigenvalue weighted by Gasteiger charge is 2.13. The van der Waals surface area contributed by atoms with Gasteiger partial charge in [0.2, 0.25) is 0 Å². The fourth-order valence-electron chi connectivity index (χ4n) is 2.08. The molecule has 4 heteroatoms. The lowest BCUT2D eigenvalue weighted by atomic mass is 10.1. The number of fused-ring (bicyclic) bond motifs is 1. The molecule has 2 rings (SSSR count). The summed E-state index contributed by atoms with van der Waals surface area (Å²) in [4.78, 5) is 12.0. The third-order valence-corrected chi connectivity index (χ3v) is 3.13. The van der Waals surface area contributed by atoms with Crippen LogP contribution in [0.2, 0.25) is 0 Å². The SMILES string of the molecule is COCCNC(=O)c1cc2c(C)cccc2n1C. The molecule has 0 aliphatic carbocycles. The molecule has 1 amide bonds. The molecule has 0 saturated heterocycles. The third kappa shape index (κ3) is 2.24. The second kappa shape index (κ2) is 5.23. The van der Waals surface area contributed by atoms with Gasteiger partial charge in [0.15, 0.2) is 0 Å². The maximum Gasteiger partial charge on any atom is 0.268 e. The minimum atomic E-state index is -0.0647. The molecule has 0 aliphatic heterocycles. The highest BCUT2D eigenvalue weighted by atomic mass is 16.5. The number of hydrogen-bond donors (Lipinski definition) is 1. The number of hydrogen-bond acceptors (Lipinski definition) is 2. The van der Waals surface area contributed by atoms with E-state index in [-0.39, 0.29) is 5.91 Å². The molecule has 0 bridgehead atoms. The van der Waals surface area contributed by atoms with Crippen molar-refractivity contribution in [3.8, 4) is 0 Å². The summed E-state index contributed by atoms with van der Waals surface area (Å²) in [7, 11) is 3.53. The summed E-state index contributed by atoms with van der Waals surface area (Å²) in [6.45, 7) is 3.10. The van der Waals surface area contributed by atoms with E-state index in [9.17, 15) is 4.79 Å². The van der Waals surface area contributed by atoms with Gasteiger partial charge in [-0.1, -0.05) is 12.1 Å². The molecule has 1 aromatic carbocycles. The number of ether oxygens (including phenoxy) is 1. The summed E-state index contributed by atoms with van der Waals surface area (Å²) in [6, 6.07) is 8.01. The molecule has 0 fully saturated rings. The monoisotopic (exact) mass is 246 g/mol. The van der Waals surface area contributed by atoms with Crippen LogP contribution in [0.3, 0.4) is 0 Å². The summed E-state index contributed by atoms with van der Waals surface area (Å²) in [6.07, 6.45) is 0. The molecule has 1 aromatic heterocycles. The Labute approximate surface area is 107 Å². The first-order valence-corrected chi connectivity index (χ1v) is 5.97. The first kappa shape index (κ1) is 12.6. The minimum absolute atomic E-state index is 0.0647. The highest BCUT2D eigenvalue weighted by molar-refractivity contribution is 5.99. The van der Waals surface area contributed by atoms with Gasteiger partial charge >= 0.3 is 0 Å². The van der Waals surface area contributed by atoms with Crippen LogP contribution < -0.4 is 5.32 Å². The summed E-state index contributed by atoms with van der Waals surface area (Å²) in [5.41, 5.74) is 2.93. The van der Waals surface area contributed by atoms with Crippen molar-refractivity contribution in [2.45, 2.75) is 6.92 Å². The normalized spacial score (nSPS) is 10.8. The van der Waals surface area contributed by atoms with Gasteiger partial charge in [0.05, 0.1) is 6.61 Å². The zero-order valence-electron chi connectivity index (χ0n) is 11.0. The van der Waals surface area contributed by atoms with E-state index in [2.05, 4.69) is 18.3 Å². The molecule has 0 saturated carbocycles. The molecule has 1 N–H and O–H groups in total. The first-order chi connectivity index (χ1) is 8.65. The van der Waals surface area contributed by atoms with Gasteiger partial charge in [-0.25, -0.2) is 0 Å². The van der Waals surface area contributed by atoms with E-state index in [0.717, 1.165) is 10.9 Å². The maximum absolute atomic E-state index is 12.0. The van der Waals surface area contributed by atoms with E-state index in [0.29, 0.717) is 18.8 Å². The number of nitrogens with one attached hydrogen (secondary N) is 1. The lowest BCUT2D eigenvalue weighted by Crippen LogP contribution is -2.28. The molecule has 1 heterocycles. The lowest BCUT2D eigenvalue weighted by Gasteiger charge is -2.05. The number of nitrogens with zero attached hydrogens (tertiary/aromatic N) is 1. The number of aromatic nitrogens is 1. The molecule has 0 unspecified atom stereocenters. The molecule has 2 aromatic rings. The topological polar surface area (TPSA) is 43.3 Å². The van der Waals surface area contributed by atoms with E-state index in [1.807, 2.05) is 29.8 Å².